The first-order chi connectivity index (χ1) is 13.9. The van der Waals surface area contributed by atoms with Gasteiger partial charge >= 0.3 is 0 Å². The molecule has 8 nitrogen and oxygen atoms in total. The lowest BCUT2D eigenvalue weighted by Gasteiger charge is -2.19. The Labute approximate surface area is 168 Å². The predicted molar refractivity (Wildman–Crippen MR) is 105 cm³/mol. The Kier molecular flexibility index (Phi) is 6.01. The zero-order valence-electron chi connectivity index (χ0n) is 16.4. The highest BCUT2D eigenvalue weighted by Crippen LogP contribution is 2.37. The van der Waals surface area contributed by atoms with Crippen molar-refractivity contribution in [1.82, 2.24) is 5.32 Å². The van der Waals surface area contributed by atoms with Crippen LogP contribution < -0.4 is 24.8 Å². The molecule has 1 aliphatic heterocycles. The van der Waals surface area contributed by atoms with Crippen LogP contribution in [0.2, 0.25) is 0 Å². The molecule has 0 fully saturated rings. The van der Waals surface area contributed by atoms with Crippen molar-refractivity contribution in [3.05, 3.63) is 47.5 Å². The number of nitrogens with one attached hydrogen (secondary N) is 2. The number of amides is 2. The van der Waals surface area contributed by atoms with E-state index < -0.39 is 6.04 Å². The molecule has 1 heterocycles. The molecule has 1 unspecified atom stereocenters. The summed E-state index contributed by atoms with van der Waals surface area (Å²) in [7, 11) is 1.56. The van der Waals surface area contributed by atoms with Crippen molar-refractivity contribution >= 4 is 23.3 Å². The van der Waals surface area contributed by atoms with Crippen LogP contribution in [0, 0.1) is 0 Å². The zero-order valence-corrected chi connectivity index (χ0v) is 16.4. The average molecular weight is 398 g/mol. The molecule has 0 bridgehead atoms. The lowest BCUT2D eigenvalue weighted by molar-refractivity contribution is -0.120. The fourth-order valence-corrected chi connectivity index (χ4v) is 3.06. The molecule has 0 aliphatic carbocycles. The summed E-state index contributed by atoms with van der Waals surface area (Å²) in [5, 5.41) is 5.52. The van der Waals surface area contributed by atoms with Crippen LogP contribution in [0.3, 0.4) is 0 Å². The lowest BCUT2D eigenvalue weighted by atomic mass is 10.0. The van der Waals surface area contributed by atoms with Crippen molar-refractivity contribution in [3.8, 4) is 17.2 Å². The number of hydrogen-bond acceptors (Lipinski definition) is 6. The Morgan fingerprint density at radius 3 is 2.31 bits per heavy atom. The fourth-order valence-electron chi connectivity index (χ4n) is 3.06. The number of fused-ring (bicyclic) bond motifs is 1. The molecule has 2 N–H and O–H groups in total. The van der Waals surface area contributed by atoms with E-state index in [9.17, 15) is 14.4 Å². The van der Waals surface area contributed by atoms with Crippen molar-refractivity contribution in [1.29, 1.82) is 0 Å². The van der Waals surface area contributed by atoms with Crippen LogP contribution in [-0.2, 0) is 9.59 Å². The summed E-state index contributed by atoms with van der Waals surface area (Å²) < 4.78 is 15.8. The first kappa shape index (κ1) is 20.2. The molecule has 2 amide bonds. The molecular weight excluding hydrogens is 376 g/mol. The third-order valence-electron chi connectivity index (χ3n) is 4.45. The summed E-state index contributed by atoms with van der Waals surface area (Å²) >= 11 is 0. The lowest BCUT2D eigenvalue weighted by Crippen LogP contribution is -2.30. The molecule has 3 rings (SSSR count). The summed E-state index contributed by atoms with van der Waals surface area (Å²) in [6, 6.07) is 9.67. The average Bonchev–Trinajstić information content (AvgIpc) is 3.13. The van der Waals surface area contributed by atoms with Crippen molar-refractivity contribution in [2.45, 2.75) is 26.3 Å². The number of carbonyl (C=O) groups excluding carboxylic acids is 3. The Morgan fingerprint density at radius 1 is 1.07 bits per heavy atom. The normalized spacial score (nSPS) is 12.8. The highest BCUT2D eigenvalue weighted by molar-refractivity contribution is 6.04. The van der Waals surface area contributed by atoms with Gasteiger partial charge in [0.05, 0.1) is 25.3 Å². The minimum Gasteiger partial charge on any atom is -0.497 e. The van der Waals surface area contributed by atoms with Crippen LogP contribution in [0.25, 0.3) is 0 Å². The van der Waals surface area contributed by atoms with Crippen LogP contribution in [0.1, 0.15) is 42.2 Å². The van der Waals surface area contributed by atoms with Gasteiger partial charge in [-0.1, -0.05) is 12.1 Å². The largest absolute Gasteiger partial charge is 0.497 e. The third-order valence-corrected chi connectivity index (χ3v) is 4.45. The molecule has 0 saturated heterocycles. The maximum absolute atomic E-state index is 12.7. The Balaban J connectivity index is 1.79. The van der Waals surface area contributed by atoms with Gasteiger partial charge in [-0.2, -0.15) is 0 Å². The molecule has 0 spiro atoms. The van der Waals surface area contributed by atoms with Gasteiger partial charge in [-0.25, -0.2) is 0 Å². The molecule has 1 aliphatic rings. The minimum absolute atomic E-state index is 0.0162. The van der Waals surface area contributed by atoms with Crippen molar-refractivity contribution in [3.63, 3.8) is 0 Å². The maximum atomic E-state index is 12.7. The summed E-state index contributed by atoms with van der Waals surface area (Å²) in [4.78, 5) is 36.3. The molecule has 152 valence electrons. The molecule has 2 aromatic carbocycles. The van der Waals surface area contributed by atoms with Gasteiger partial charge in [0.1, 0.15) is 5.75 Å². The zero-order chi connectivity index (χ0) is 21.0. The van der Waals surface area contributed by atoms with Crippen molar-refractivity contribution < 1.29 is 28.6 Å². The predicted octanol–water partition coefficient (Wildman–Crippen LogP) is 2.83. The maximum Gasteiger partial charge on any atom is 0.231 e. The SMILES string of the molecule is COc1ccc(C(CC(=O)Nc2cc3c(cc2C(C)=O)OCO3)NC(C)=O)cc1. The van der Waals surface area contributed by atoms with Crippen LogP contribution in [-0.4, -0.2) is 31.5 Å². The van der Waals surface area contributed by atoms with E-state index in [0.29, 0.717) is 28.5 Å². The Morgan fingerprint density at radius 2 is 1.72 bits per heavy atom. The molecule has 29 heavy (non-hydrogen) atoms. The number of ketones is 1. The van der Waals surface area contributed by atoms with E-state index in [-0.39, 0.29) is 30.8 Å². The number of rotatable bonds is 7. The Hall–Kier alpha value is -3.55. The molecule has 1 atom stereocenters. The number of carbonyl (C=O) groups is 3. The second-order valence-electron chi connectivity index (χ2n) is 6.59. The number of ether oxygens (including phenoxy) is 3. The first-order valence-corrected chi connectivity index (χ1v) is 9.03. The minimum atomic E-state index is -0.534. The number of Topliss-reactive ketones (excluding diaryl/α,β-unsaturated/α-hetero) is 1. The van der Waals surface area contributed by atoms with Gasteiger partial charge in [-0.15, -0.1) is 0 Å². The van der Waals surface area contributed by atoms with Gasteiger partial charge in [0.2, 0.25) is 18.6 Å². The number of methoxy groups -OCH3 is 1. The standard InChI is InChI=1S/C21H22N2O6/c1-12(24)16-8-19-20(29-11-28-19)9-18(16)23-21(26)10-17(22-13(2)25)14-4-6-15(27-3)7-5-14/h4-9,17H,10-11H2,1-3H3,(H,22,25)(H,23,26). The van der Waals surface area contributed by atoms with Crippen molar-refractivity contribution in [2.75, 3.05) is 19.2 Å². The first-order valence-electron chi connectivity index (χ1n) is 9.03. The van der Waals surface area contributed by atoms with E-state index in [0.717, 1.165) is 5.56 Å². The van der Waals surface area contributed by atoms with Crippen LogP contribution in [0.15, 0.2) is 36.4 Å². The van der Waals surface area contributed by atoms with E-state index in [2.05, 4.69) is 10.6 Å². The number of anilines is 1. The molecule has 0 aromatic heterocycles. The molecule has 2 aromatic rings. The van der Waals surface area contributed by atoms with Gasteiger partial charge in [-0.3, -0.25) is 14.4 Å². The van der Waals surface area contributed by atoms with Gasteiger partial charge in [0.25, 0.3) is 0 Å². The molecule has 8 heteroatoms. The van der Waals surface area contributed by atoms with E-state index in [1.165, 1.54) is 13.8 Å². The van der Waals surface area contributed by atoms with E-state index in [1.807, 2.05) is 0 Å². The van der Waals surface area contributed by atoms with Crippen LogP contribution in [0.4, 0.5) is 5.69 Å². The summed E-state index contributed by atoms with van der Waals surface area (Å²) in [6.45, 7) is 2.86. The van der Waals surface area contributed by atoms with Gasteiger partial charge in [-0.05, 0) is 30.7 Å². The van der Waals surface area contributed by atoms with E-state index in [4.69, 9.17) is 14.2 Å². The van der Waals surface area contributed by atoms with Gasteiger partial charge in [0.15, 0.2) is 17.3 Å². The highest BCUT2D eigenvalue weighted by Gasteiger charge is 2.22. The third kappa shape index (κ3) is 4.84. The van der Waals surface area contributed by atoms with Gasteiger partial charge < -0.3 is 24.8 Å². The van der Waals surface area contributed by atoms with E-state index in [1.54, 1.807) is 43.5 Å². The fraction of sp³-hybridized carbons (Fsp3) is 0.286. The smallest absolute Gasteiger partial charge is 0.231 e. The van der Waals surface area contributed by atoms with Crippen molar-refractivity contribution in [2.24, 2.45) is 0 Å². The van der Waals surface area contributed by atoms with E-state index >= 15 is 0 Å². The molecule has 0 saturated carbocycles. The van der Waals surface area contributed by atoms with Crippen LogP contribution >= 0.6 is 0 Å². The highest BCUT2D eigenvalue weighted by atomic mass is 16.7. The summed E-state index contributed by atoms with van der Waals surface area (Å²) in [5.74, 6) is 0.756. The topological polar surface area (TPSA) is 103 Å². The quantitative estimate of drug-likeness (QED) is 0.695. The number of benzene rings is 2. The molecular formula is C21H22N2O6. The van der Waals surface area contributed by atoms with Crippen LogP contribution in [0.5, 0.6) is 17.2 Å². The monoisotopic (exact) mass is 398 g/mol. The number of hydrogen-bond donors (Lipinski definition) is 2. The second kappa shape index (κ2) is 8.64. The molecule has 0 radical (unpaired) electrons. The van der Waals surface area contributed by atoms with Gasteiger partial charge in [0, 0.05) is 18.6 Å². The summed E-state index contributed by atoms with van der Waals surface area (Å²) in [5.41, 5.74) is 1.42. The summed E-state index contributed by atoms with van der Waals surface area (Å²) in [6.07, 6.45) is -0.0162. The Bertz CT molecular complexity index is 939. The second-order valence-corrected chi connectivity index (χ2v) is 6.59.